The molecule has 0 amide bonds. The van der Waals surface area contributed by atoms with Crippen molar-refractivity contribution in [2.45, 2.75) is 19.8 Å². The van der Waals surface area contributed by atoms with Crippen LogP contribution >= 0.6 is 0 Å². The van der Waals surface area contributed by atoms with Crippen LogP contribution in [-0.4, -0.2) is 12.9 Å². The molecule has 0 aliphatic rings. The number of aldehydes is 1. The van der Waals surface area contributed by atoms with Crippen LogP contribution in [0.5, 0.6) is 5.75 Å². The Balaban J connectivity index is 2.28. The Hall–Kier alpha value is -2.17. The molecule has 1 aromatic heterocycles. The monoisotopic (exact) mass is 280 g/mol. The standard InChI is InChI=1S/C15H14F2O3/c1-2-3-6-19-11-7-12(16)15(13(17)8-11)14-5-4-10(9-18)20-14/h4-5,7-9H,2-3,6H2,1H3. The first-order chi connectivity index (χ1) is 9.65. The summed E-state index contributed by atoms with van der Waals surface area (Å²) in [5.74, 6) is -1.45. The molecule has 0 saturated heterocycles. The van der Waals surface area contributed by atoms with Gasteiger partial charge in [-0.25, -0.2) is 8.78 Å². The van der Waals surface area contributed by atoms with Gasteiger partial charge in [0.2, 0.25) is 0 Å². The van der Waals surface area contributed by atoms with Crippen LogP contribution in [0.15, 0.2) is 28.7 Å². The predicted molar refractivity (Wildman–Crippen MR) is 69.9 cm³/mol. The van der Waals surface area contributed by atoms with Crippen LogP contribution in [0.2, 0.25) is 0 Å². The number of rotatable bonds is 6. The molecule has 0 N–H and O–H groups in total. The second kappa shape index (κ2) is 6.32. The third kappa shape index (κ3) is 3.04. The van der Waals surface area contributed by atoms with E-state index in [1.54, 1.807) is 0 Å². The number of unbranched alkanes of at least 4 members (excludes halogenated alkanes) is 1. The Kier molecular flexibility index (Phi) is 4.50. The number of benzene rings is 1. The third-order valence-electron chi connectivity index (χ3n) is 2.77. The molecule has 2 rings (SSSR count). The van der Waals surface area contributed by atoms with Crippen LogP contribution < -0.4 is 4.74 Å². The van der Waals surface area contributed by atoms with E-state index in [0.717, 1.165) is 25.0 Å². The Morgan fingerprint density at radius 1 is 1.25 bits per heavy atom. The summed E-state index contributed by atoms with van der Waals surface area (Å²) < 4.78 is 38.2. The molecular formula is C15H14F2O3. The summed E-state index contributed by atoms with van der Waals surface area (Å²) in [4.78, 5) is 10.5. The molecule has 0 aliphatic heterocycles. The van der Waals surface area contributed by atoms with Gasteiger partial charge >= 0.3 is 0 Å². The van der Waals surface area contributed by atoms with Gasteiger partial charge in [-0.2, -0.15) is 0 Å². The number of halogens is 2. The number of hydrogen-bond donors (Lipinski definition) is 0. The molecule has 1 aromatic carbocycles. The molecule has 0 spiro atoms. The quantitative estimate of drug-likeness (QED) is 0.587. The molecule has 0 radical (unpaired) electrons. The summed E-state index contributed by atoms with van der Waals surface area (Å²) in [7, 11) is 0. The van der Waals surface area contributed by atoms with Crippen molar-refractivity contribution >= 4 is 6.29 Å². The highest BCUT2D eigenvalue weighted by Crippen LogP contribution is 2.30. The van der Waals surface area contributed by atoms with Crippen molar-refractivity contribution in [2.75, 3.05) is 6.61 Å². The van der Waals surface area contributed by atoms with E-state index in [-0.39, 0.29) is 22.8 Å². The average Bonchev–Trinajstić information content (AvgIpc) is 2.87. The molecule has 5 heteroatoms. The van der Waals surface area contributed by atoms with Gasteiger partial charge in [0.1, 0.15) is 23.1 Å². The van der Waals surface area contributed by atoms with Crippen LogP contribution in [0, 0.1) is 11.6 Å². The molecule has 20 heavy (non-hydrogen) atoms. The molecule has 0 bridgehead atoms. The number of carbonyl (C=O) groups excluding carboxylic acids is 1. The minimum atomic E-state index is -0.789. The molecule has 0 unspecified atom stereocenters. The minimum absolute atomic E-state index is 0.0158. The summed E-state index contributed by atoms with van der Waals surface area (Å²) in [5, 5.41) is 0. The van der Waals surface area contributed by atoms with Crippen molar-refractivity contribution in [3.8, 4) is 17.1 Å². The van der Waals surface area contributed by atoms with Crippen molar-refractivity contribution in [3.63, 3.8) is 0 Å². The van der Waals surface area contributed by atoms with Gasteiger partial charge in [-0.1, -0.05) is 13.3 Å². The first-order valence-electron chi connectivity index (χ1n) is 6.33. The molecule has 2 aromatic rings. The molecule has 106 valence electrons. The summed E-state index contributed by atoms with van der Waals surface area (Å²) in [6.45, 7) is 2.40. The number of ether oxygens (including phenoxy) is 1. The highest BCUT2D eigenvalue weighted by molar-refractivity contribution is 5.73. The van der Waals surface area contributed by atoms with Crippen LogP contribution in [0.25, 0.3) is 11.3 Å². The van der Waals surface area contributed by atoms with Gasteiger partial charge in [0.05, 0.1) is 12.2 Å². The first kappa shape index (κ1) is 14.2. The van der Waals surface area contributed by atoms with E-state index >= 15 is 0 Å². The summed E-state index contributed by atoms with van der Waals surface area (Å²) in [6, 6.07) is 4.92. The normalized spacial score (nSPS) is 10.6. The fourth-order valence-electron chi connectivity index (χ4n) is 1.75. The SMILES string of the molecule is CCCCOc1cc(F)c(-c2ccc(C=O)o2)c(F)c1. The van der Waals surface area contributed by atoms with E-state index < -0.39 is 11.6 Å². The van der Waals surface area contributed by atoms with Gasteiger partial charge in [-0.05, 0) is 18.6 Å². The topological polar surface area (TPSA) is 39.4 Å². The van der Waals surface area contributed by atoms with E-state index in [1.165, 1.54) is 12.1 Å². The number of carbonyl (C=O) groups is 1. The Labute approximate surface area is 115 Å². The molecule has 0 aliphatic carbocycles. The van der Waals surface area contributed by atoms with Gasteiger partial charge in [0.15, 0.2) is 12.0 Å². The zero-order chi connectivity index (χ0) is 14.5. The van der Waals surface area contributed by atoms with Gasteiger partial charge < -0.3 is 9.15 Å². The van der Waals surface area contributed by atoms with Crippen molar-refractivity contribution in [1.82, 2.24) is 0 Å². The maximum absolute atomic E-state index is 14.0. The summed E-state index contributed by atoms with van der Waals surface area (Å²) in [5.41, 5.74) is -0.305. The molecule has 0 fully saturated rings. The number of hydrogen-bond acceptors (Lipinski definition) is 3. The van der Waals surface area contributed by atoms with E-state index in [1.807, 2.05) is 6.92 Å². The fraction of sp³-hybridized carbons (Fsp3) is 0.267. The first-order valence-corrected chi connectivity index (χ1v) is 6.33. The molecular weight excluding hydrogens is 266 g/mol. The molecule has 0 saturated carbocycles. The van der Waals surface area contributed by atoms with Crippen LogP contribution in [0.3, 0.4) is 0 Å². The Morgan fingerprint density at radius 3 is 2.50 bits per heavy atom. The largest absolute Gasteiger partial charge is 0.493 e. The summed E-state index contributed by atoms with van der Waals surface area (Å²) in [6.07, 6.45) is 2.22. The fourth-order valence-corrected chi connectivity index (χ4v) is 1.75. The highest BCUT2D eigenvalue weighted by Gasteiger charge is 2.17. The van der Waals surface area contributed by atoms with Crippen LogP contribution in [0.1, 0.15) is 30.3 Å². The van der Waals surface area contributed by atoms with Gasteiger partial charge in [-0.15, -0.1) is 0 Å². The van der Waals surface area contributed by atoms with Gasteiger partial charge in [0, 0.05) is 12.1 Å². The number of furan rings is 1. The Morgan fingerprint density at radius 2 is 1.95 bits per heavy atom. The molecule has 1 heterocycles. The lowest BCUT2D eigenvalue weighted by atomic mass is 10.1. The molecule has 3 nitrogen and oxygen atoms in total. The maximum Gasteiger partial charge on any atom is 0.185 e. The van der Waals surface area contributed by atoms with Gasteiger partial charge in [-0.3, -0.25) is 4.79 Å². The van der Waals surface area contributed by atoms with Crippen molar-refractivity contribution in [1.29, 1.82) is 0 Å². The van der Waals surface area contributed by atoms with Gasteiger partial charge in [0.25, 0.3) is 0 Å². The summed E-state index contributed by atoms with van der Waals surface area (Å²) >= 11 is 0. The Bertz CT molecular complexity index is 582. The van der Waals surface area contributed by atoms with Crippen LogP contribution in [-0.2, 0) is 0 Å². The zero-order valence-electron chi connectivity index (χ0n) is 11.0. The lowest BCUT2D eigenvalue weighted by Crippen LogP contribution is -1.99. The van der Waals surface area contributed by atoms with E-state index in [9.17, 15) is 13.6 Å². The van der Waals surface area contributed by atoms with Crippen molar-refractivity contribution in [2.24, 2.45) is 0 Å². The highest BCUT2D eigenvalue weighted by atomic mass is 19.1. The van der Waals surface area contributed by atoms with Crippen LogP contribution in [0.4, 0.5) is 8.78 Å². The maximum atomic E-state index is 14.0. The lowest BCUT2D eigenvalue weighted by molar-refractivity contribution is 0.110. The lowest BCUT2D eigenvalue weighted by Gasteiger charge is -2.08. The smallest absolute Gasteiger partial charge is 0.185 e. The second-order valence-electron chi connectivity index (χ2n) is 4.28. The third-order valence-corrected chi connectivity index (χ3v) is 2.77. The van der Waals surface area contributed by atoms with Crippen molar-refractivity contribution < 1.29 is 22.7 Å². The van der Waals surface area contributed by atoms with E-state index in [0.29, 0.717) is 12.9 Å². The van der Waals surface area contributed by atoms with E-state index in [4.69, 9.17) is 9.15 Å². The zero-order valence-corrected chi connectivity index (χ0v) is 11.0. The second-order valence-corrected chi connectivity index (χ2v) is 4.28. The minimum Gasteiger partial charge on any atom is -0.493 e. The van der Waals surface area contributed by atoms with Crippen molar-refractivity contribution in [3.05, 3.63) is 41.7 Å². The average molecular weight is 280 g/mol. The molecule has 0 atom stereocenters. The predicted octanol–water partition coefficient (Wildman–Crippen LogP) is 4.22. The van der Waals surface area contributed by atoms with E-state index in [2.05, 4.69) is 0 Å².